The number of ether oxygens (including phenoxy) is 1. The molecule has 1 aliphatic rings. The Labute approximate surface area is 43.9 Å². The Kier molecular flexibility index (Phi) is 1.65. The Balaban J connectivity index is 2.14. The predicted molar refractivity (Wildman–Crippen MR) is 28.0 cm³/mol. The van der Waals surface area contributed by atoms with Gasteiger partial charge in [0.15, 0.2) is 0 Å². The highest BCUT2D eigenvalue weighted by Gasteiger charge is 2.09. The Morgan fingerprint density at radius 1 is 1.86 bits per heavy atom. The van der Waals surface area contributed by atoms with Crippen LogP contribution in [0.4, 0.5) is 0 Å². The van der Waals surface area contributed by atoms with Crippen LogP contribution in [-0.2, 0) is 4.74 Å². The standard InChI is InChI=1S/C5H11NO/c1-2-5-6-3-4-7-5/h5-6H,2-4H2,1H3. The molecule has 0 aromatic rings. The lowest BCUT2D eigenvalue weighted by Crippen LogP contribution is -2.20. The smallest absolute Gasteiger partial charge is 0.107 e. The minimum atomic E-state index is 0.347. The van der Waals surface area contributed by atoms with E-state index in [1.54, 1.807) is 0 Å². The van der Waals surface area contributed by atoms with E-state index in [0.717, 1.165) is 19.6 Å². The van der Waals surface area contributed by atoms with Gasteiger partial charge in [0.2, 0.25) is 0 Å². The van der Waals surface area contributed by atoms with Crippen LogP contribution in [0.5, 0.6) is 0 Å². The van der Waals surface area contributed by atoms with E-state index in [1.165, 1.54) is 0 Å². The van der Waals surface area contributed by atoms with Gasteiger partial charge in [-0.05, 0) is 6.42 Å². The molecule has 0 saturated carbocycles. The number of hydrogen-bond acceptors (Lipinski definition) is 2. The maximum absolute atomic E-state index is 5.19. The monoisotopic (exact) mass is 101 g/mol. The number of hydrogen-bond donors (Lipinski definition) is 1. The molecule has 2 nitrogen and oxygen atoms in total. The van der Waals surface area contributed by atoms with Crippen LogP contribution >= 0.6 is 0 Å². The van der Waals surface area contributed by atoms with Gasteiger partial charge < -0.3 is 4.74 Å². The minimum Gasteiger partial charge on any atom is -0.362 e. The summed E-state index contributed by atoms with van der Waals surface area (Å²) in [6, 6.07) is 0. The van der Waals surface area contributed by atoms with Gasteiger partial charge in [0, 0.05) is 6.54 Å². The first-order valence-electron chi connectivity index (χ1n) is 2.78. The Hall–Kier alpha value is -0.0800. The molecule has 1 N–H and O–H groups in total. The molecule has 1 rings (SSSR count). The molecule has 0 aliphatic carbocycles. The summed E-state index contributed by atoms with van der Waals surface area (Å²) in [6.45, 7) is 4.03. The topological polar surface area (TPSA) is 21.3 Å². The van der Waals surface area contributed by atoms with Crippen molar-refractivity contribution < 1.29 is 4.74 Å². The fourth-order valence-electron chi connectivity index (χ4n) is 0.742. The SMILES string of the molecule is CCC1NCCO1. The maximum atomic E-state index is 5.19. The summed E-state index contributed by atoms with van der Waals surface area (Å²) in [7, 11) is 0. The second kappa shape index (κ2) is 2.28. The Morgan fingerprint density at radius 2 is 2.71 bits per heavy atom. The second-order valence-corrected chi connectivity index (χ2v) is 1.72. The second-order valence-electron chi connectivity index (χ2n) is 1.72. The Morgan fingerprint density at radius 3 is 3.00 bits per heavy atom. The van der Waals surface area contributed by atoms with E-state index < -0.39 is 0 Å². The van der Waals surface area contributed by atoms with E-state index in [0.29, 0.717) is 6.23 Å². The first-order chi connectivity index (χ1) is 3.43. The third-order valence-corrected chi connectivity index (χ3v) is 1.16. The van der Waals surface area contributed by atoms with E-state index in [-0.39, 0.29) is 0 Å². The summed E-state index contributed by atoms with van der Waals surface area (Å²) in [5.74, 6) is 0. The average Bonchev–Trinajstić information content (AvgIpc) is 2.14. The molecular formula is C5H11NO. The van der Waals surface area contributed by atoms with Gasteiger partial charge in [0.25, 0.3) is 0 Å². The van der Waals surface area contributed by atoms with Crippen molar-refractivity contribution in [2.75, 3.05) is 13.2 Å². The normalized spacial score (nSPS) is 31.3. The molecule has 0 aromatic heterocycles. The molecule has 1 aliphatic heterocycles. The first-order valence-corrected chi connectivity index (χ1v) is 2.78. The third kappa shape index (κ3) is 1.14. The van der Waals surface area contributed by atoms with Gasteiger partial charge in [-0.3, -0.25) is 5.32 Å². The zero-order valence-corrected chi connectivity index (χ0v) is 4.61. The fourth-order valence-corrected chi connectivity index (χ4v) is 0.742. The highest BCUT2D eigenvalue weighted by molar-refractivity contribution is 4.59. The molecule has 1 saturated heterocycles. The van der Waals surface area contributed by atoms with Crippen LogP contribution in [0.1, 0.15) is 13.3 Å². The largest absolute Gasteiger partial charge is 0.362 e. The van der Waals surface area contributed by atoms with Gasteiger partial charge in [-0.2, -0.15) is 0 Å². The molecule has 1 heterocycles. The number of rotatable bonds is 1. The molecule has 1 fully saturated rings. The van der Waals surface area contributed by atoms with Crippen LogP contribution in [0.15, 0.2) is 0 Å². The van der Waals surface area contributed by atoms with E-state index in [4.69, 9.17) is 4.74 Å². The van der Waals surface area contributed by atoms with Crippen LogP contribution in [-0.4, -0.2) is 19.4 Å². The quantitative estimate of drug-likeness (QED) is 0.514. The molecular weight excluding hydrogens is 90.1 g/mol. The van der Waals surface area contributed by atoms with Crippen LogP contribution in [0, 0.1) is 0 Å². The van der Waals surface area contributed by atoms with Crippen LogP contribution in [0.25, 0.3) is 0 Å². The van der Waals surface area contributed by atoms with Gasteiger partial charge in [-0.15, -0.1) is 0 Å². The lowest BCUT2D eigenvalue weighted by atomic mass is 10.4. The molecule has 0 aromatic carbocycles. The molecule has 1 atom stereocenters. The summed E-state index contributed by atoms with van der Waals surface area (Å²) in [4.78, 5) is 0. The van der Waals surface area contributed by atoms with Crippen LogP contribution < -0.4 is 5.32 Å². The molecule has 7 heavy (non-hydrogen) atoms. The summed E-state index contributed by atoms with van der Waals surface area (Å²) in [5.41, 5.74) is 0. The summed E-state index contributed by atoms with van der Waals surface area (Å²) >= 11 is 0. The first kappa shape index (κ1) is 5.06. The summed E-state index contributed by atoms with van der Waals surface area (Å²) in [5, 5.41) is 3.18. The highest BCUT2D eigenvalue weighted by Crippen LogP contribution is 1.97. The van der Waals surface area contributed by atoms with Gasteiger partial charge in [-0.1, -0.05) is 6.92 Å². The van der Waals surface area contributed by atoms with Crippen molar-refractivity contribution in [2.24, 2.45) is 0 Å². The molecule has 0 bridgehead atoms. The predicted octanol–water partition coefficient (Wildman–Crippen LogP) is 0.342. The van der Waals surface area contributed by atoms with Crippen molar-refractivity contribution in [3.05, 3.63) is 0 Å². The average molecular weight is 101 g/mol. The molecule has 42 valence electrons. The van der Waals surface area contributed by atoms with Crippen molar-refractivity contribution >= 4 is 0 Å². The van der Waals surface area contributed by atoms with Crippen LogP contribution in [0.3, 0.4) is 0 Å². The van der Waals surface area contributed by atoms with Crippen molar-refractivity contribution in [1.82, 2.24) is 5.32 Å². The molecule has 0 radical (unpaired) electrons. The van der Waals surface area contributed by atoms with E-state index in [9.17, 15) is 0 Å². The fraction of sp³-hybridized carbons (Fsp3) is 1.00. The molecule has 0 amide bonds. The minimum absolute atomic E-state index is 0.347. The number of nitrogens with one attached hydrogen (secondary N) is 1. The summed E-state index contributed by atoms with van der Waals surface area (Å²) < 4.78 is 5.19. The third-order valence-electron chi connectivity index (χ3n) is 1.16. The van der Waals surface area contributed by atoms with E-state index in [1.807, 2.05) is 0 Å². The van der Waals surface area contributed by atoms with Gasteiger partial charge >= 0.3 is 0 Å². The highest BCUT2D eigenvalue weighted by atomic mass is 16.5. The van der Waals surface area contributed by atoms with Crippen molar-refractivity contribution in [2.45, 2.75) is 19.6 Å². The molecule has 0 spiro atoms. The summed E-state index contributed by atoms with van der Waals surface area (Å²) in [6.07, 6.45) is 1.43. The zero-order valence-electron chi connectivity index (χ0n) is 4.61. The van der Waals surface area contributed by atoms with E-state index in [2.05, 4.69) is 12.2 Å². The maximum Gasteiger partial charge on any atom is 0.107 e. The van der Waals surface area contributed by atoms with Gasteiger partial charge in [0.1, 0.15) is 6.23 Å². The Bertz CT molecular complexity index is 50.0. The lowest BCUT2D eigenvalue weighted by molar-refractivity contribution is 0.0984. The van der Waals surface area contributed by atoms with E-state index >= 15 is 0 Å². The molecule has 1 unspecified atom stereocenters. The lowest BCUT2D eigenvalue weighted by Gasteiger charge is -2.02. The van der Waals surface area contributed by atoms with Crippen molar-refractivity contribution in [3.8, 4) is 0 Å². The van der Waals surface area contributed by atoms with Crippen LogP contribution in [0.2, 0.25) is 0 Å². The van der Waals surface area contributed by atoms with Gasteiger partial charge in [0.05, 0.1) is 6.61 Å². The van der Waals surface area contributed by atoms with Crippen molar-refractivity contribution in [3.63, 3.8) is 0 Å². The molecule has 2 heteroatoms. The van der Waals surface area contributed by atoms with Crippen molar-refractivity contribution in [1.29, 1.82) is 0 Å². The zero-order chi connectivity index (χ0) is 5.11. The van der Waals surface area contributed by atoms with Gasteiger partial charge in [-0.25, -0.2) is 0 Å².